The van der Waals surface area contributed by atoms with Crippen LogP contribution in [-0.2, 0) is 117 Å². The lowest BCUT2D eigenvalue weighted by Gasteiger charge is -2.31. The van der Waals surface area contributed by atoms with Gasteiger partial charge in [-0.15, -0.1) is 5.10 Å². The Morgan fingerprint density at radius 2 is 1.22 bits per heavy atom. The van der Waals surface area contributed by atoms with Gasteiger partial charge in [-0.05, 0) is 98.8 Å². The number of para-hydroxylation sites is 1. The number of imidazole rings is 1. The average molecular weight is 1990 g/mol. The topological polar surface area (TPSA) is 706 Å². The first-order valence-electron chi connectivity index (χ1n) is 49.6. The molecule has 2 aromatic carbocycles. The molecule has 0 saturated carbocycles. The van der Waals surface area contributed by atoms with E-state index < -0.39 is 201 Å². The zero-order valence-electron chi connectivity index (χ0n) is 81.7. The Bertz CT molecular complexity index is 4690. The van der Waals surface area contributed by atoms with Crippen molar-refractivity contribution in [1.82, 2.24) is 115 Å². The first-order valence-corrected chi connectivity index (χ1v) is 49.6. The number of aliphatic hydroxyl groups is 2. The van der Waals surface area contributed by atoms with Crippen molar-refractivity contribution >= 4 is 105 Å². The number of aryl methyl sites for hydroxylation is 1. The van der Waals surface area contributed by atoms with E-state index in [9.17, 15) is 67.7 Å². The number of amides is 14. The highest BCUT2D eigenvalue weighted by Gasteiger charge is 2.44. The van der Waals surface area contributed by atoms with Crippen LogP contribution in [0.25, 0.3) is 10.9 Å². The normalized spacial score (nSPS) is 18.5. The number of hydrogen-bond acceptors (Lipinski definition) is 28. The van der Waals surface area contributed by atoms with Crippen LogP contribution >= 0.6 is 0 Å². The number of fused-ring (bicyclic) bond motifs is 2. The van der Waals surface area contributed by atoms with E-state index in [1.54, 1.807) is 36.5 Å². The van der Waals surface area contributed by atoms with Gasteiger partial charge >= 0.3 is 0 Å². The Balaban J connectivity index is 0.891. The smallest absolute Gasteiger partial charge is 0.246 e. The van der Waals surface area contributed by atoms with Gasteiger partial charge in [0.15, 0.2) is 11.7 Å². The summed E-state index contributed by atoms with van der Waals surface area (Å²) in [4.78, 5) is 221. The van der Waals surface area contributed by atoms with Gasteiger partial charge in [0.1, 0.15) is 67.4 Å². The van der Waals surface area contributed by atoms with E-state index in [2.05, 4.69) is 110 Å². The molecule has 2 aliphatic rings. The van der Waals surface area contributed by atoms with Crippen molar-refractivity contribution in [2.75, 3.05) is 105 Å². The summed E-state index contributed by atoms with van der Waals surface area (Å²) < 4.78 is 21.8. The quantitative estimate of drug-likeness (QED) is 0.0114. The number of nitrogens with two attached hydrogens (primary N) is 3. The number of carbonyl (C=O) groups is 15. The second-order valence-corrected chi connectivity index (χ2v) is 35.6. The molecule has 0 unspecified atom stereocenters. The first kappa shape index (κ1) is 116. The van der Waals surface area contributed by atoms with Gasteiger partial charge in [0.2, 0.25) is 82.7 Å². The fourth-order valence-electron chi connectivity index (χ4n) is 16.3. The molecule has 0 spiro atoms. The molecule has 3 aromatic heterocycles. The number of nitrogens with zero attached hydrogens (tertiary/aromatic N) is 5. The second-order valence-electron chi connectivity index (χ2n) is 35.6. The van der Waals surface area contributed by atoms with Crippen molar-refractivity contribution in [1.29, 1.82) is 5.41 Å². The van der Waals surface area contributed by atoms with E-state index >= 15 is 14.4 Å². The molecule has 47 heteroatoms. The van der Waals surface area contributed by atoms with Crippen molar-refractivity contribution in [3.8, 4) is 0 Å². The molecule has 5 aromatic rings. The van der Waals surface area contributed by atoms with Gasteiger partial charge in [0.25, 0.3) is 0 Å². The Morgan fingerprint density at radius 1 is 0.606 bits per heavy atom. The molecule has 0 aliphatic carbocycles. The zero-order chi connectivity index (χ0) is 103. The molecular weight excluding hydrogens is 1840 g/mol. The molecule has 2 saturated heterocycles. The monoisotopic (exact) mass is 1990 g/mol. The van der Waals surface area contributed by atoms with Gasteiger partial charge in [0, 0.05) is 127 Å². The lowest BCUT2D eigenvalue weighted by atomic mass is 10.0. The largest absolute Gasteiger partial charge is 0.394 e. The predicted octanol–water partition coefficient (Wildman–Crippen LogP) is -1.94. The minimum absolute atomic E-state index is 0.000774. The molecule has 26 N–H and O–H groups in total. The number of guanidine groups is 1. The highest BCUT2D eigenvalue weighted by Crippen LogP contribution is 2.24. The lowest BCUT2D eigenvalue weighted by molar-refractivity contribution is -0.143. The molecule has 7 rings (SSSR count). The fraction of sp³-hybridized carbons (Fsp3) is 0.642. The summed E-state index contributed by atoms with van der Waals surface area (Å²) in [6.45, 7) is 1.53. The Kier molecular flexibility index (Phi) is 55.0. The number of primary amides is 1. The van der Waals surface area contributed by atoms with Gasteiger partial charge in [0.05, 0.1) is 76.5 Å². The molecule has 0 radical (unpaired) electrons. The molecule has 12 atom stereocenters. The van der Waals surface area contributed by atoms with Crippen LogP contribution in [0.4, 0.5) is 0 Å². The molecular formula is C95H150N26O21. The maximum atomic E-state index is 15.4. The van der Waals surface area contributed by atoms with Crippen molar-refractivity contribution in [2.24, 2.45) is 17.2 Å². The Hall–Kier alpha value is -12.5. The number of carbonyl (C=O) groups excluding carboxylic acids is 15. The number of aliphatic hydroxyl groups excluding tert-OH is 2. The molecule has 142 heavy (non-hydrogen) atoms. The number of H-pyrrole nitrogens is 3. The summed E-state index contributed by atoms with van der Waals surface area (Å²) >= 11 is 0. The SMILES string of the molecule is CCCC[C@H](NC(=O)[C@H](CN)NC[C@H](Cc1c[nH]cn1)NC(=O)[C@H](CCC(N)=O)NC(=O)[C@H](CO)NC(=O)COCCOCCNC(=O)COCCOCCNC(=O)CCCCCCCCCCCCCCCc1nnn[nH]1)C(=O)N[C@H]1CCC(=O)NCCCC[C@@H](C(C)=O)NC(=O)[C@H](Cc2c[nH]c3ccccc23)NC(=O)[C@H](CCCNC(=N)N)NC(=O)[C@@H](Cc2ccccc2)NC(=O)[C@@H]2C[C@@H](O)CN2C1=O. The van der Waals surface area contributed by atoms with Gasteiger partial charge in [-0.3, -0.25) is 77.3 Å². The predicted molar refractivity (Wildman–Crippen MR) is 522 cm³/mol. The van der Waals surface area contributed by atoms with Crippen LogP contribution in [0.2, 0.25) is 0 Å². The number of aromatic nitrogens is 7. The van der Waals surface area contributed by atoms with Gasteiger partial charge in [-0.25, -0.2) is 10.1 Å². The van der Waals surface area contributed by atoms with Gasteiger partial charge < -0.3 is 136 Å². The van der Waals surface area contributed by atoms with Gasteiger partial charge in [-0.2, -0.15) is 0 Å². The summed E-state index contributed by atoms with van der Waals surface area (Å²) in [5.74, 6) is -10.5. The van der Waals surface area contributed by atoms with Crippen LogP contribution in [0, 0.1) is 5.41 Å². The number of rotatable bonds is 63. The van der Waals surface area contributed by atoms with Gasteiger partial charge in [-0.1, -0.05) is 139 Å². The Morgan fingerprint density at radius 3 is 1.87 bits per heavy atom. The molecule has 47 nitrogen and oxygen atoms in total. The Labute approximate surface area is 826 Å². The average Bonchev–Trinajstić information content (AvgIpc) is 1.65. The van der Waals surface area contributed by atoms with E-state index in [1.165, 1.54) is 77.2 Å². The van der Waals surface area contributed by atoms with Crippen LogP contribution in [0.1, 0.15) is 210 Å². The summed E-state index contributed by atoms with van der Waals surface area (Å²) in [6.07, 6.45) is 19.2. The molecule has 5 heterocycles. The van der Waals surface area contributed by atoms with E-state index in [0.29, 0.717) is 49.2 Å². The van der Waals surface area contributed by atoms with Crippen LogP contribution in [0.5, 0.6) is 0 Å². The number of nitrogens with one attached hydrogen (secondary N) is 18. The molecule has 2 aliphatic heterocycles. The maximum absolute atomic E-state index is 15.4. The van der Waals surface area contributed by atoms with Crippen LogP contribution < -0.4 is 91.6 Å². The van der Waals surface area contributed by atoms with E-state index in [0.717, 1.165) is 53.7 Å². The summed E-state index contributed by atoms with van der Waals surface area (Å²) in [7, 11) is 0. The number of ketones is 1. The number of tetrazole rings is 1. The van der Waals surface area contributed by atoms with E-state index in [1.807, 2.05) is 31.2 Å². The summed E-state index contributed by atoms with van der Waals surface area (Å²) in [6, 6.07) is 0.467. The third-order valence-electron chi connectivity index (χ3n) is 24.2. The highest BCUT2D eigenvalue weighted by atomic mass is 16.5. The number of unbranched alkanes of at least 4 members (excludes halogenated alkanes) is 13. The fourth-order valence-corrected chi connectivity index (χ4v) is 16.3. The molecule has 14 amide bonds. The van der Waals surface area contributed by atoms with Crippen LogP contribution in [0.15, 0.2) is 73.3 Å². The minimum atomic E-state index is -1.64. The standard InChI is InChI=1S/C95H150N26O21/c1-3-4-29-71(87(131)114-74-36-38-83(127)101-39-24-23-30-69(62(2)123)110-90(134)76(50-64-54-105-70-31-22-21-28-68(64)70)115-88(132)72(32-25-40-104-95(98)99)111-89(133)75(49-63-26-17-16-18-27-63)116-93(137)79-52-67(124)57-121(79)94(74)138)112-91(135)77(53-96)106-56-66(51-65-55-100-61-107-65)108-86(130)73(35-37-80(97)125)113-92(136)78(58-122)109-85(129)60-142-48-46-140-44-42-103-84(128)59-141-47-45-139-43-41-102-82(126)34-20-15-13-11-9-7-5-6-8-10-12-14-19-33-81-117-119-120-118-81/h16-18,21-22,26-28,31,54-55,61,66-67,69,71-79,105-106,122,124H,3-15,19-20,23-25,29-30,32-53,56-60,96H2,1-2H3,(H2,97,125)(H,100,107)(H,101,127)(H,102,126)(H,103,128)(H,108,130)(H,109,129)(H,110,134)(H,111,133)(H,112,135)(H,113,136)(H,114,131)(H,115,132)(H,116,137)(H4,98,99,104)(H,117,118,119,120)/t66-,67+,69-,71-,72-,73-,74-,75+,76-,77-,78-,79-/m0/s1. The molecule has 786 valence electrons. The third kappa shape index (κ3) is 45.6. The summed E-state index contributed by atoms with van der Waals surface area (Å²) in [5, 5.41) is 82.4. The number of Topliss-reactive ketones (excluding diaryl/α,β-unsaturated/α-hetero) is 1. The number of aromatic amines is 3. The number of hydrogen-bond donors (Lipinski definition) is 23. The number of benzene rings is 2. The minimum Gasteiger partial charge on any atom is -0.394 e. The highest BCUT2D eigenvalue weighted by molar-refractivity contribution is 5.99. The molecule has 2 fully saturated rings. The van der Waals surface area contributed by atoms with Crippen molar-refractivity contribution in [2.45, 2.75) is 285 Å². The maximum Gasteiger partial charge on any atom is 0.246 e. The van der Waals surface area contributed by atoms with Crippen LogP contribution in [-0.4, -0.2) is 323 Å². The van der Waals surface area contributed by atoms with E-state index in [4.69, 9.17) is 41.6 Å². The van der Waals surface area contributed by atoms with Crippen molar-refractivity contribution in [3.63, 3.8) is 0 Å². The second kappa shape index (κ2) is 67.0. The lowest BCUT2D eigenvalue weighted by Crippen LogP contribution is -2.61. The van der Waals surface area contributed by atoms with Crippen molar-refractivity contribution < 1.29 is 101 Å². The molecule has 0 bridgehead atoms. The summed E-state index contributed by atoms with van der Waals surface area (Å²) in [5.41, 5.74) is 19.7. The van der Waals surface area contributed by atoms with E-state index in [-0.39, 0.29) is 148 Å². The number of ether oxygens (including phenoxy) is 4. The van der Waals surface area contributed by atoms with Crippen LogP contribution in [0.3, 0.4) is 0 Å². The van der Waals surface area contributed by atoms with Crippen molar-refractivity contribution in [3.05, 3.63) is 96.0 Å². The zero-order valence-corrected chi connectivity index (χ0v) is 81.7. The third-order valence-corrected chi connectivity index (χ3v) is 24.2. The first-order chi connectivity index (χ1) is 68.6.